The number of carbonyl (C=O) groups excluding carboxylic acids is 1. The van der Waals surface area contributed by atoms with Gasteiger partial charge in [0.25, 0.3) is 5.91 Å². The second-order valence-electron chi connectivity index (χ2n) is 4.70. The molecule has 2 N–H and O–H groups in total. The third-order valence-electron chi connectivity index (χ3n) is 3.19. The van der Waals surface area contributed by atoms with Gasteiger partial charge in [-0.05, 0) is 30.5 Å². The minimum Gasteiger partial charge on any atom is -0.384 e. The Hall–Kier alpha value is -1.54. The maximum absolute atomic E-state index is 12.2. The largest absolute Gasteiger partial charge is 0.384 e. The zero-order chi connectivity index (χ0) is 14.5. The molecule has 0 aromatic heterocycles. The number of hydrogen-bond acceptors (Lipinski definition) is 3. The topological polar surface area (TPSA) is 58.6 Å². The van der Waals surface area contributed by atoms with Gasteiger partial charge in [0.05, 0.1) is 5.69 Å². The number of aliphatic hydroxyl groups is 1. The minimum atomic E-state index is -0.427. The van der Waals surface area contributed by atoms with Gasteiger partial charge in [0.15, 0.2) is 0 Å². The molecular formula is C15H16ClNO3. The highest BCUT2D eigenvalue weighted by Crippen LogP contribution is 2.24. The summed E-state index contributed by atoms with van der Waals surface area (Å²) in [4.78, 5) is 12.2. The molecule has 0 spiro atoms. The molecule has 0 radical (unpaired) electrons. The van der Waals surface area contributed by atoms with Gasteiger partial charge in [-0.25, -0.2) is 0 Å². The number of anilines is 1. The van der Waals surface area contributed by atoms with Crippen LogP contribution in [0.4, 0.5) is 5.69 Å². The highest BCUT2D eigenvalue weighted by molar-refractivity contribution is 6.30. The Morgan fingerprint density at radius 3 is 3.05 bits per heavy atom. The Bertz CT molecular complexity index is 562. The van der Waals surface area contributed by atoms with Crippen molar-refractivity contribution in [3.8, 4) is 11.8 Å². The minimum absolute atomic E-state index is 0.177. The molecule has 1 aliphatic heterocycles. The van der Waals surface area contributed by atoms with E-state index < -0.39 is 6.10 Å². The van der Waals surface area contributed by atoms with E-state index in [9.17, 15) is 4.79 Å². The molecule has 1 aromatic rings. The van der Waals surface area contributed by atoms with Gasteiger partial charge in [0.1, 0.15) is 12.7 Å². The van der Waals surface area contributed by atoms with Gasteiger partial charge < -0.3 is 15.2 Å². The summed E-state index contributed by atoms with van der Waals surface area (Å²) in [5.74, 6) is 5.35. The van der Waals surface area contributed by atoms with Crippen LogP contribution in [0.15, 0.2) is 18.2 Å². The second kappa shape index (κ2) is 6.76. The fraction of sp³-hybridized carbons (Fsp3) is 0.400. The standard InChI is InChI=1S/C15H16ClNO3/c1-10-6-8-20-14(10)15(19)17-13-5-4-12(16)9-11(13)3-2-7-18/h4-5,9-10,14,18H,6-8H2,1H3,(H,17,19). The summed E-state index contributed by atoms with van der Waals surface area (Å²) in [6.45, 7) is 2.35. The lowest BCUT2D eigenvalue weighted by molar-refractivity contribution is -0.126. The van der Waals surface area contributed by atoms with Crippen LogP contribution in [0.3, 0.4) is 0 Å². The van der Waals surface area contributed by atoms with Crippen molar-refractivity contribution in [1.82, 2.24) is 0 Å². The highest BCUT2D eigenvalue weighted by atomic mass is 35.5. The first-order valence-electron chi connectivity index (χ1n) is 6.43. The van der Waals surface area contributed by atoms with Gasteiger partial charge in [-0.15, -0.1) is 0 Å². The molecule has 2 rings (SSSR count). The van der Waals surface area contributed by atoms with E-state index in [4.69, 9.17) is 21.4 Å². The number of rotatable bonds is 2. The molecule has 5 heteroatoms. The molecule has 1 aliphatic rings. The van der Waals surface area contributed by atoms with E-state index >= 15 is 0 Å². The molecule has 2 unspecified atom stereocenters. The van der Waals surface area contributed by atoms with E-state index in [0.29, 0.717) is 22.9 Å². The van der Waals surface area contributed by atoms with E-state index in [1.54, 1.807) is 18.2 Å². The van der Waals surface area contributed by atoms with Gasteiger partial charge >= 0.3 is 0 Å². The summed E-state index contributed by atoms with van der Waals surface area (Å²) in [5, 5.41) is 12.1. The van der Waals surface area contributed by atoms with Crippen molar-refractivity contribution in [2.45, 2.75) is 19.4 Å². The number of benzene rings is 1. The molecule has 0 aliphatic carbocycles. The van der Waals surface area contributed by atoms with Crippen molar-refractivity contribution in [2.24, 2.45) is 5.92 Å². The van der Waals surface area contributed by atoms with E-state index in [0.717, 1.165) is 6.42 Å². The molecule has 2 atom stereocenters. The molecule has 106 valence electrons. The average Bonchev–Trinajstić information content (AvgIpc) is 2.85. The normalized spacial score (nSPS) is 21.1. The smallest absolute Gasteiger partial charge is 0.253 e. The molecule has 1 saturated heterocycles. The third kappa shape index (κ3) is 3.51. The van der Waals surface area contributed by atoms with Gasteiger partial charge in [0, 0.05) is 17.2 Å². The van der Waals surface area contributed by atoms with Gasteiger partial charge in [-0.2, -0.15) is 0 Å². The molecule has 1 fully saturated rings. The summed E-state index contributed by atoms with van der Waals surface area (Å²) >= 11 is 5.91. The van der Waals surface area contributed by atoms with Crippen LogP contribution >= 0.6 is 11.6 Å². The van der Waals surface area contributed by atoms with E-state index in [1.165, 1.54) is 0 Å². The predicted molar refractivity (Wildman–Crippen MR) is 77.6 cm³/mol. The summed E-state index contributed by atoms with van der Waals surface area (Å²) in [5.41, 5.74) is 1.15. The Balaban J connectivity index is 2.18. The number of amides is 1. The fourth-order valence-electron chi connectivity index (χ4n) is 2.10. The fourth-order valence-corrected chi connectivity index (χ4v) is 2.27. The Kier molecular flexibility index (Phi) is 5.02. The van der Waals surface area contributed by atoms with Crippen molar-refractivity contribution in [3.63, 3.8) is 0 Å². The number of ether oxygens (including phenoxy) is 1. The van der Waals surface area contributed by atoms with Crippen LogP contribution in [0.25, 0.3) is 0 Å². The number of hydrogen-bond donors (Lipinski definition) is 2. The first-order chi connectivity index (χ1) is 9.61. The Labute approximate surface area is 123 Å². The third-order valence-corrected chi connectivity index (χ3v) is 3.42. The van der Waals surface area contributed by atoms with Crippen LogP contribution in [-0.4, -0.2) is 30.3 Å². The lowest BCUT2D eigenvalue weighted by atomic mass is 10.0. The van der Waals surface area contributed by atoms with Crippen LogP contribution in [-0.2, 0) is 9.53 Å². The lowest BCUT2D eigenvalue weighted by Gasteiger charge is -2.15. The number of carbonyl (C=O) groups is 1. The van der Waals surface area contributed by atoms with Crippen molar-refractivity contribution in [1.29, 1.82) is 0 Å². The maximum atomic E-state index is 12.2. The predicted octanol–water partition coefficient (Wildman–Crippen LogP) is 2.05. The molecule has 0 saturated carbocycles. The average molecular weight is 294 g/mol. The van der Waals surface area contributed by atoms with Gasteiger partial charge in [-0.1, -0.05) is 30.4 Å². The summed E-state index contributed by atoms with van der Waals surface area (Å²) in [6, 6.07) is 5.03. The van der Waals surface area contributed by atoms with Crippen LogP contribution in [0.1, 0.15) is 18.9 Å². The van der Waals surface area contributed by atoms with E-state index in [2.05, 4.69) is 17.2 Å². The van der Waals surface area contributed by atoms with Crippen LogP contribution in [0.2, 0.25) is 5.02 Å². The molecule has 1 aromatic carbocycles. The van der Waals surface area contributed by atoms with Crippen LogP contribution in [0, 0.1) is 17.8 Å². The molecular weight excluding hydrogens is 278 g/mol. The quantitative estimate of drug-likeness (QED) is 0.821. The van der Waals surface area contributed by atoms with Crippen molar-refractivity contribution < 1.29 is 14.6 Å². The van der Waals surface area contributed by atoms with Crippen LogP contribution < -0.4 is 5.32 Å². The Morgan fingerprint density at radius 2 is 2.40 bits per heavy atom. The Morgan fingerprint density at radius 1 is 1.60 bits per heavy atom. The van der Waals surface area contributed by atoms with E-state index in [1.807, 2.05) is 6.92 Å². The zero-order valence-corrected chi connectivity index (χ0v) is 11.9. The summed E-state index contributed by atoms with van der Waals surface area (Å²) in [6.07, 6.45) is 0.458. The number of nitrogens with one attached hydrogen (secondary N) is 1. The second-order valence-corrected chi connectivity index (χ2v) is 5.13. The van der Waals surface area contributed by atoms with Crippen molar-refractivity contribution in [2.75, 3.05) is 18.5 Å². The number of aliphatic hydroxyl groups excluding tert-OH is 1. The molecule has 4 nitrogen and oxygen atoms in total. The molecule has 20 heavy (non-hydrogen) atoms. The first-order valence-corrected chi connectivity index (χ1v) is 6.81. The summed E-state index contributed by atoms with van der Waals surface area (Å²) < 4.78 is 5.43. The summed E-state index contributed by atoms with van der Waals surface area (Å²) in [7, 11) is 0. The monoisotopic (exact) mass is 293 g/mol. The van der Waals surface area contributed by atoms with Gasteiger partial charge in [-0.3, -0.25) is 4.79 Å². The SMILES string of the molecule is CC1CCOC1C(=O)Nc1ccc(Cl)cc1C#CCO. The molecule has 0 bridgehead atoms. The van der Waals surface area contributed by atoms with Gasteiger partial charge in [0.2, 0.25) is 0 Å². The van der Waals surface area contributed by atoms with Crippen molar-refractivity contribution in [3.05, 3.63) is 28.8 Å². The number of halogens is 1. The molecule has 1 amide bonds. The first kappa shape index (κ1) is 14.9. The highest BCUT2D eigenvalue weighted by Gasteiger charge is 2.31. The lowest BCUT2D eigenvalue weighted by Crippen LogP contribution is -2.31. The maximum Gasteiger partial charge on any atom is 0.253 e. The van der Waals surface area contributed by atoms with Crippen molar-refractivity contribution >= 4 is 23.2 Å². The molecule has 1 heterocycles. The zero-order valence-electron chi connectivity index (χ0n) is 11.1. The van der Waals surface area contributed by atoms with E-state index in [-0.39, 0.29) is 18.4 Å². The van der Waals surface area contributed by atoms with Crippen LogP contribution in [0.5, 0.6) is 0 Å².